The summed E-state index contributed by atoms with van der Waals surface area (Å²) in [6, 6.07) is 3.37. The number of alkyl halides is 3. The summed E-state index contributed by atoms with van der Waals surface area (Å²) < 4.78 is 37.6. The summed E-state index contributed by atoms with van der Waals surface area (Å²) in [5.41, 5.74) is -1.07. The van der Waals surface area contributed by atoms with Crippen LogP contribution in [-0.4, -0.2) is 23.0 Å². The van der Waals surface area contributed by atoms with Crippen molar-refractivity contribution in [2.24, 2.45) is 0 Å². The van der Waals surface area contributed by atoms with Gasteiger partial charge < -0.3 is 10.4 Å². The van der Waals surface area contributed by atoms with Gasteiger partial charge in [-0.1, -0.05) is 13.0 Å². The van der Waals surface area contributed by atoms with Gasteiger partial charge in [-0.15, -0.1) is 0 Å². The van der Waals surface area contributed by atoms with Crippen LogP contribution in [0.4, 0.5) is 13.2 Å². The summed E-state index contributed by atoms with van der Waals surface area (Å²) >= 11 is 0. The third-order valence-corrected chi connectivity index (χ3v) is 2.70. The summed E-state index contributed by atoms with van der Waals surface area (Å²) in [5.74, 6) is -1.80. The Balaban J connectivity index is 2.84. The van der Waals surface area contributed by atoms with Crippen molar-refractivity contribution >= 4 is 11.9 Å². The number of carboxylic acids is 1. The lowest BCUT2D eigenvalue weighted by molar-refractivity contribution is -0.138. The average Bonchev–Trinajstić information content (AvgIpc) is 2.36. The Morgan fingerprint density at radius 1 is 1.35 bits per heavy atom. The SMILES string of the molecule is CCC(CC(=O)O)NC(=O)c1cccc(C(F)(F)F)c1. The van der Waals surface area contributed by atoms with E-state index in [0.29, 0.717) is 6.42 Å². The smallest absolute Gasteiger partial charge is 0.416 e. The minimum Gasteiger partial charge on any atom is -0.481 e. The maximum atomic E-state index is 12.5. The average molecular weight is 289 g/mol. The predicted molar refractivity (Wildman–Crippen MR) is 65.2 cm³/mol. The lowest BCUT2D eigenvalue weighted by atomic mass is 10.1. The van der Waals surface area contributed by atoms with Crippen LogP contribution in [0, 0.1) is 0 Å². The Labute approximate surface area is 113 Å². The molecule has 1 aromatic carbocycles. The van der Waals surface area contributed by atoms with Crippen LogP contribution >= 0.6 is 0 Å². The molecule has 1 atom stereocenters. The number of benzene rings is 1. The minimum atomic E-state index is -4.53. The molecule has 0 fully saturated rings. The van der Waals surface area contributed by atoms with E-state index in [4.69, 9.17) is 5.11 Å². The van der Waals surface area contributed by atoms with E-state index in [0.717, 1.165) is 18.2 Å². The number of hydrogen-bond donors (Lipinski definition) is 2. The molecule has 0 aliphatic heterocycles. The molecule has 0 bridgehead atoms. The van der Waals surface area contributed by atoms with Crippen molar-refractivity contribution in [3.8, 4) is 0 Å². The van der Waals surface area contributed by atoms with Crippen molar-refractivity contribution in [3.63, 3.8) is 0 Å². The molecule has 0 aliphatic rings. The summed E-state index contributed by atoms with van der Waals surface area (Å²) in [4.78, 5) is 22.4. The molecule has 0 spiro atoms. The predicted octanol–water partition coefficient (Wildman–Crippen LogP) is 2.69. The second-order valence-corrected chi connectivity index (χ2v) is 4.26. The molecule has 4 nitrogen and oxygen atoms in total. The molecule has 0 aromatic heterocycles. The number of rotatable bonds is 5. The fourth-order valence-corrected chi connectivity index (χ4v) is 1.61. The van der Waals surface area contributed by atoms with E-state index in [1.165, 1.54) is 6.07 Å². The number of nitrogens with one attached hydrogen (secondary N) is 1. The van der Waals surface area contributed by atoms with Gasteiger partial charge in [-0.05, 0) is 24.6 Å². The number of aliphatic carboxylic acids is 1. The van der Waals surface area contributed by atoms with Crippen LogP contribution in [0.5, 0.6) is 0 Å². The highest BCUT2D eigenvalue weighted by Gasteiger charge is 2.31. The lowest BCUT2D eigenvalue weighted by Gasteiger charge is -2.15. The summed E-state index contributed by atoms with van der Waals surface area (Å²) in [7, 11) is 0. The van der Waals surface area contributed by atoms with Crippen molar-refractivity contribution < 1.29 is 27.9 Å². The third kappa shape index (κ3) is 4.56. The van der Waals surface area contributed by atoms with Crippen LogP contribution in [0.2, 0.25) is 0 Å². The Hall–Kier alpha value is -2.05. The van der Waals surface area contributed by atoms with E-state index in [1.807, 2.05) is 0 Å². The lowest BCUT2D eigenvalue weighted by Crippen LogP contribution is -2.36. The molecule has 7 heteroatoms. The Bertz CT molecular complexity index is 500. The molecule has 1 rings (SSSR count). The van der Waals surface area contributed by atoms with Crippen LogP contribution in [0.1, 0.15) is 35.7 Å². The van der Waals surface area contributed by atoms with Crippen LogP contribution in [0.25, 0.3) is 0 Å². The molecule has 0 radical (unpaired) electrons. The monoisotopic (exact) mass is 289 g/mol. The zero-order valence-electron chi connectivity index (χ0n) is 10.7. The van der Waals surface area contributed by atoms with Gasteiger partial charge in [-0.3, -0.25) is 9.59 Å². The Kier molecular flexibility index (Phi) is 5.12. The number of carboxylic acid groups (broad SMARTS) is 1. The van der Waals surface area contributed by atoms with Crippen molar-refractivity contribution in [2.75, 3.05) is 0 Å². The van der Waals surface area contributed by atoms with E-state index >= 15 is 0 Å². The van der Waals surface area contributed by atoms with Gasteiger partial charge in [-0.25, -0.2) is 0 Å². The van der Waals surface area contributed by atoms with Crippen molar-refractivity contribution in [1.29, 1.82) is 0 Å². The van der Waals surface area contributed by atoms with Crippen molar-refractivity contribution in [2.45, 2.75) is 32.0 Å². The van der Waals surface area contributed by atoms with Crippen molar-refractivity contribution in [1.82, 2.24) is 5.32 Å². The third-order valence-electron chi connectivity index (χ3n) is 2.70. The van der Waals surface area contributed by atoms with Gasteiger partial charge in [0.05, 0.1) is 12.0 Å². The maximum absolute atomic E-state index is 12.5. The number of carbonyl (C=O) groups excluding carboxylic acids is 1. The fourth-order valence-electron chi connectivity index (χ4n) is 1.61. The minimum absolute atomic E-state index is 0.149. The molecule has 1 aromatic rings. The maximum Gasteiger partial charge on any atom is 0.416 e. The van der Waals surface area contributed by atoms with Gasteiger partial charge in [0.15, 0.2) is 0 Å². The van der Waals surface area contributed by atoms with Crippen LogP contribution < -0.4 is 5.32 Å². The molecule has 1 amide bonds. The molecule has 2 N–H and O–H groups in total. The second-order valence-electron chi connectivity index (χ2n) is 4.26. The Morgan fingerprint density at radius 3 is 2.50 bits per heavy atom. The van der Waals surface area contributed by atoms with Gasteiger partial charge in [0.1, 0.15) is 0 Å². The normalized spacial score (nSPS) is 12.8. The number of hydrogen-bond acceptors (Lipinski definition) is 2. The van der Waals surface area contributed by atoms with E-state index < -0.39 is 29.7 Å². The van der Waals surface area contributed by atoms with Gasteiger partial charge >= 0.3 is 12.1 Å². The summed E-state index contributed by atoms with van der Waals surface area (Å²) in [6.07, 6.45) is -4.43. The first-order valence-electron chi connectivity index (χ1n) is 5.94. The first-order valence-corrected chi connectivity index (χ1v) is 5.94. The molecule has 110 valence electrons. The van der Waals surface area contributed by atoms with E-state index in [1.54, 1.807) is 6.92 Å². The van der Waals surface area contributed by atoms with E-state index in [2.05, 4.69) is 5.32 Å². The molecule has 0 heterocycles. The zero-order chi connectivity index (χ0) is 15.3. The molecular weight excluding hydrogens is 275 g/mol. The largest absolute Gasteiger partial charge is 0.481 e. The van der Waals surface area contributed by atoms with Crippen LogP contribution in [0.15, 0.2) is 24.3 Å². The molecule has 1 unspecified atom stereocenters. The highest BCUT2D eigenvalue weighted by atomic mass is 19.4. The second kappa shape index (κ2) is 6.40. The number of carbonyl (C=O) groups is 2. The zero-order valence-corrected chi connectivity index (χ0v) is 10.7. The van der Waals surface area contributed by atoms with Gasteiger partial charge in [0, 0.05) is 11.6 Å². The Morgan fingerprint density at radius 2 is 2.00 bits per heavy atom. The van der Waals surface area contributed by atoms with Gasteiger partial charge in [0.2, 0.25) is 0 Å². The van der Waals surface area contributed by atoms with Crippen LogP contribution in [0.3, 0.4) is 0 Å². The van der Waals surface area contributed by atoms with Crippen LogP contribution in [-0.2, 0) is 11.0 Å². The molecule has 0 saturated carbocycles. The number of amides is 1. The summed E-state index contributed by atoms with van der Waals surface area (Å²) in [6.45, 7) is 1.68. The first-order chi connectivity index (χ1) is 9.24. The van der Waals surface area contributed by atoms with Gasteiger partial charge in [0.25, 0.3) is 5.91 Å². The van der Waals surface area contributed by atoms with E-state index in [-0.39, 0.29) is 12.0 Å². The molecular formula is C13H14F3NO3. The van der Waals surface area contributed by atoms with Crippen molar-refractivity contribution in [3.05, 3.63) is 35.4 Å². The molecule has 0 saturated heterocycles. The highest BCUT2D eigenvalue weighted by molar-refractivity contribution is 5.94. The summed E-state index contributed by atoms with van der Waals surface area (Å²) in [5, 5.41) is 11.1. The topological polar surface area (TPSA) is 66.4 Å². The number of halogens is 3. The highest BCUT2D eigenvalue weighted by Crippen LogP contribution is 2.29. The standard InChI is InChI=1S/C13H14F3NO3/c1-2-10(7-11(18)19)17-12(20)8-4-3-5-9(6-8)13(14,15)16/h3-6,10H,2,7H2,1H3,(H,17,20)(H,18,19). The molecule has 0 aliphatic carbocycles. The molecule has 20 heavy (non-hydrogen) atoms. The van der Waals surface area contributed by atoms with E-state index in [9.17, 15) is 22.8 Å². The quantitative estimate of drug-likeness (QED) is 0.875. The first kappa shape index (κ1) is 16.0. The van der Waals surface area contributed by atoms with Gasteiger partial charge in [-0.2, -0.15) is 13.2 Å². The fraction of sp³-hybridized carbons (Fsp3) is 0.385.